The summed E-state index contributed by atoms with van der Waals surface area (Å²) in [6, 6.07) is -0.559. The second kappa shape index (κ2) is 7.77. The van der Waals surface area contributed by atoms with E-state index < -0.39 is 18.6 Å². The summed E-state index contributed by atoms with van der Waals surface area (Å²) in [4.78, 5) is 27.3. The van der Waals surface area contributed by atoms with Crippen LogP contribution in [-0.4, -0.2) is 64.3 Å². The first-order valence-corrected chi connectivity index (χ1v) is 8.33. The smallest absolute Gasteiger partial charge is 0.341 e. The van der Waals surface area contributed by atoms with Crippen molar-refractivity contribution in [1.82, 2.24) is 20.0 Å². The highest BCUT2D eigenvalue weighted by Crippen LogP contribution is 2.25. The minimum absolute atomic E-state index is 0.0126. The van der Waals surface area contributed by atoms with Crippen molar-refractivity contribution in [2.24, 2.45) is 0 Å². The Balaban J connectivity index is 1.93. The number of hydrogen-bond donors (Lipinski definition) is 1. The summed E-state index contributed by atoms with van der Waals surface area (Å²) in [7, 11) is 0. The van der Waals surface area contributed by atoms with Crippen molar-refractivity contribution in [3.05, 3.63) is 5.01 Å². The maximum Gasteiger partial charge on any atom is 0.395 e. The third-order valence-corrected chi connectivity index (χ3v) is 4.19. The molecule has 7 nitrogen and oxygen atoms in total. The van der Waals surface area contributed by atoms with Gasteiger partial charge in [-0.3, -0.25) is 10.1 Å². The average molecular weight is 365 g/mol. The van der Waals surface area contributed by atoms with E-state index in [9.17, 15) is 22.8 Å². The molecule has 0 radical (unpaired) electrons. The number of anilines is 1. The predicted molar refractivity (Wildman–Crippen MR) is 81.7 cm³/mol. The number of carbonyl (C=O) groups is 2. The summed E-state index contributed by atoms with van der Waals surface area (Å²) in [6.45, 7) is 3.54. The van der Waals surface area contributed by atoms with Gasteiger partial charge >= 0.3 is 12.2 Å². The summed E-state index contributed by atoms with van der Waals surface area (Å²) in [5, 5.41) is 9.12. The Kier molecular flexibility index (Phi) is 5.97. The van der Waals surface area contributed by atoms with Gasteiger partial charge in [-0.2, -0.15) is 13.2 Å². The highest BCUT2D eigenvalue weighted by atomic mass is 32.1. The molecule has 1 saturated heterocycles. The Hall–Kier alpha value is -1.91. The molecule has 24 heavy (non-hydrogen) atoms. The first-order chi connectivity index (χ1) is 11.3. The minimum Gasteiger partial charge on any atom is -0.341 e. The zero-order valence-corrected chi connectivity index (χ0v) is 13.9. The van der Waals surface area contributed by atoms with Crippen LogP contribution >= 0.6 is 11.3 Å². The van der Waals surface area contributed by atoms with Crippen molar-refractivity contribution >= 4 is 28.4 Å². The predicted octanol–water partition coefficient (Wildman–Crippen LogP) is 2.12. The van der Waals surface area contributed by atoms with Crippen LogP contribution in [0.2, 0.25) is 0 Å². The first-order valence-electron chi connectivity index (χ1n) is 7.51. The number of hydrogen-bond acceptors (Lipinski definition) is 5. The molecule has 1 N–H and O–H groups in total. The van der Waals surface area contributed by atoms with Gasteiger partial charge in [-0.05, 0) is 12.8 Å². The van der Waals surface area contributed by atoms with Crippen LogP contribution < -0.4 is 5.32 Å². The number of carbonyl (C=O) groups excluding carboxylic acids is 2. The van der Waals surface area contributed by atoms with Crippen molar-refractivity contribution < 1.29 is 22.8 Å². The molecule has 1 aromatic rings. The van der Waals surface area contributed by atoms with Crippen LogP contribution in [0.1, 0.15) is 24.8 Å². The van der Waals surface area contributed by atoms with Crippen molar-refractivity contribution in [3.8, 4) is 0 Å². The lowest BCUT2D eigenvalue weighted by molar-refractivity contribution is -0.130. The Bertz CT molecular complexity index is 592. The lowest BCUT2D eigenvalue weighted by Gasteiger charge is -2.21. The van der Waals surface area contributed by atoms with Crippen molar-refractivity contribution in [1.29, 1.82) is 0 Å². The van der Waals surface area contributed by atoms with Gasteiger partial charge in [0.25, 0.3) is 0 Å². The van der Waals surface area contributed by atoms with E-state index in [0.717, 1.165) is 6.42 Å². The Labute approximate surface area is 140 Å². The number of nitrogens with one attached hydrogen (secondary N) is 1. The van der Waals surface area contributed by atoms with Crippen molar-refractivity contribution in [2.75, 3.05) is 31.5 Å². The average Bonchev–Trinajstić information content (AvgIpc) is 2.80. The number of halogens is 3. The van der Waals surface area contributed by atoms with Crippen LogP contribution in [0, 0.1) is 0 Å². The molecule has 0 aromatic carbocycles. The normalized spacial score (nSPS) is 16.2. The molecule has 2 rings (SSSR count). The molecule has 1 aliphatic heterocycles. The molecule has 0 bridgehead atoms. The Morgan fingerprint density at radius 2 is 2.08 bits per heavy atom. The molecule has 3 amide bonds. The topological polar surface area (TPSA) is 78.4 Å². The minimum atomic E-state index is -4.37. The molecule has 1 aromatic heterocycles. The monoisotopic (exact) mass is 365 g/mol. The lowest BCUT2D eigenvalue weighted by atomic mass is 10.3. The lowest BCUT2D eigenvalue weighted by Crippen LogP contribution is -2.41. The quantitative estimate of drug-likeness (QED) is 0.887. The molecule has 0 aliphatic carbocycles. The number of alkyl halides is 3. The molecule has 2 heterocycles. The number of nitrogens with zero attached hydrogens (tertiary/aromatic N) is 4. The van der Waals surface area contributed by atoms with Gasteiger partial charge in [-0.15, -0.1) is 10.2 Å². The van der Waals surface area contributed by atoms with E-state index in [4.69, 9.17) is 0 Å². The number of rotatable bonds is 4. The molecule has 0 spiro atoms. The van der Waals surface area contributed by atoms with E-state index >= 15 is 0 Å². The van der Waals surface area contributed by atoms with Gasteiger partial charge in [-0.1, -0.05) is 18.3 Å². The third kappa shape index (κ3) is 5.32. The number of urea groups is 1. The maximum absolute atomic E-state index is 12.3. The van der Waals surface area contributed by atoms with E-state index in [1.54, 1.807) is 4.90 Å². The van der Waals surface area contributed by atoms with Gasteiger partial charge in [0.05, 0.1) is 6.42 Å². The summed E-state index contributed by atoms with van der Waals surface area (Å²) >= 11 is 0.671. The van der Waals surface area contributed by atoms with E-state index in [1.165, 1.54) is 4.90 Å². The standard InChI is InChI=1S/C13H18F3N5O2S/c1-2-4-20-5-3-6-21(8-10(20)22)12(23)17-11-19-18-9(24-11)7-13(14,15)16/h2-8H2,1H3,(H,17,19,23). The zero-order valence-electron chi connectivity index (χ0n) is 13.1. The second-order valence-electron chi connectivity index (χ2n) is 5.38. The number of amides is 3. The fourth-order valence-electron chi connectivity index (χ4n) is 2.32. The molecule has 11 heteroatoms. The summed E-state index contributed by atoms with van der Waals surface area (Å²) in [5.74, 6) is -0.139. The SMILES string of the molecule is CCCN1CCCN(C(=O)Nc2nnc(CC(F)(F)F)s2)CC1=O. The van der Waals surface area contributed by atoms with E-state index in [-0.39, 0.29) is 22.6 Å². The van der Waals surface area contributed by atoms with Gasteiger partial charge in [0, 0.05) is 19.6 Å². The second-order valence-corrected chi connectivity index (χ2v) is 6.44. The van der Waals surface area contributed by atoms with Gasteiger partial charge in [0.2, 0.25) is 11.0 Å². The van der Waals surface area contributed by atoms with Crippen LogP contribution in [0.5, 0.6) is 0 Å². The molecular formula is C13H18F3N5O2S. The molecule has 134 valence electrons. The summed E-state index contributed by atoms with van der Waals surface area (Å²) in [5.41, 5.74) is 0. The Morgan fingerprint density at radius 1 is 1.33 bits per heavy atom. The van der Waals surface area contributed by atoms with Crippen molar-refractivity contribution in [2.45, 2.75) is 32.4 Å². The zero-order chi connectivity index (χ0) is 17.7. The molecule has 0 unspecified atom stereocenters. The van der Waals surface area contributed by atoms with Crippen LogP contribution in [0.4, 0.5) is 23.1 Å². The van der Waals surface area contributed by atoms with Crippen molar-refractivity contribution in [3.63, 3.8) is 0 Å². The first kappa shape index (κ1) is 18.4. The van der Waals surface area contributed by atoms with E-state index in [2.05, 4.69) is 15.5 Å². The maximum atomic E-state index is 12.3. The van der Waals surface area contributed by atoms with E-state index in [0.29, 0.717) is 37.4 Å². The van der Waals surface area contributed by atoms with Crippen LogP contribution in [0.25, 0.3) is 0 Å². The summed E-state index contributed by atoms with van der Waals surface area (Å²) < 4.78 is 36.9. The molecule has 1 aliphatic rings. The van der Waals surface area contributed by atoms with Crippen LogP contribution in [0.15, 0.2) is 0 Å². The van der Waals surface area contributed by atoms with Crippen LogP contribution in [-0.2, 0) is 11.2 Å². The number of aromatic nitrogens is 2. The third-order valence-electron chi connectivity index (χ3n) is 3.35. The largest absolute Gasteiger partial charge is 0.395 e. The molecule has 0 atom stereocenters. The summed E-state index contributed by atoms with van der Waals surface area (Å²) in [6.07, 6.45) is -4.07. The molecule has 0 saturated carbocycles. The van der Waals surface area contributed by atoms with Gasteiger partial charge < -0.3 is 9.80 Å². The van der Waals surface area contributed by atoms with E-state index in [1.807, 2.05) is 6.92 Å². The Morgan fingerprint density at radius 3 is 2.75 bits per heavy atom. The fraction of sp³-hybridized carbons (Fsp3) is 0.692. The van der Waals surface area contributed by atoms with Gasteiger partial charge in [0.1, 0.15) is 11.6 Å². The molecule has 1 fully saturated rings. The van der Waals surface area contributed by atoms with Gasteiger partial charge in [0.15, 0.2) is 0 Å². The fourth-order valence-corrected chi connectivity index (χ4v) is 3.08. The highest BCUT2D eigenvalue weighted by Gasteiger charge is 2.30. The van der Waals surface area contributed by atoms with Crippen LogP contribution in [0.3, 0.4) is 0 Å². The van der Waals surface area contributed by atoms with Gasteiger partial charge in [-0.25, -0.2) is 4.79 Å². The molecular weight excluding hydrogens is 347 g/mol. The highest BCUT2D eigenvalue weighted by molar-refractivity contribution is 7.15.